The molecule has 0 radical (unpaired) electrons. The van der Waals surface area contributed by atoms with Crippen LogP contribution < -0.4 is 0 Å². The molecule has 0 atom stereocenters. The van der Waals surface area contributed by atoms with Crippen molar-refractivity contribution in [3.05, 3.63) is 46.7 Å². The summed E-state index contributed by atoms with van der Waals surface area (Å²) < 4.78 is 4.80. The molecular weight excluding hydrogens is 296 g/mol. The molecule has 0 saturated heterocycles. The number of esters is 1. The average molecular weight is 310 g/mol. The molecule has 2 aromatic rings. The Bertz CT molecular complexity index is 907. The molecule has 0 spiro atoms. The van der Waals surface area contributed by atoms with Crippen LogP contribution in [-0.2, 0) is 16.1 Å². The van der Waals surface area contributed by atoms with Crippen LogP contribution in [0.15, 0.2) is 29.8 Å². The van der Waals surface area contributed by atoms with E-state index in [0.717, 1.165) is 5.57 Å². The van der Waals surface area contributed by atoms with Gasteiger partial charge >= 0.3 is 5.97 Å². The molecule has 0 fully saturated rings. The standard InChI is InChI=1S/C17H14N2O4/c1-23-17(22)10-3-2-4-11-14(10)15-12(18-11)7-19(8-13(15)20)16(21)9-5-6-9/h2-5,18H,6-8H2,1H3. The number of allylic oxidation sites excluding steroid dienone is 1. The van der Waals surface area contributed by atoms with E-state index in [1.165, 1.54) is 12.0 Å². The Labute approximate surface area is 131 Å². The number of aromatic amines is 1. The number of carbonyl (C=O) groups is 3. The van der Waals surface area contributed by atoms with E-state index >= 15 is 0 Å². The SMILES string of the molecule is COC(=O)c1cccc2[nH]c3c(c12)C(=O)CN(C(=O)C1=CC1)C3. The number of fused-ring (bicyclic) bond motifs is 3. The molecule has 1 aliphatic carbocycles. The summed E-state index contributed by atoms with van der Waals surface area (Å²) in [5.41, 5.74) is 2.98. The summed E-state index contributed by atoms with van der Waals surface area (Å²) >= 11 is 0. The van der Waals surface area contributed by atoms with Crippen LogP contribution in [0.3, 0.4) is 0 Å². The quantitative estimate of drug-likeness (QED) is 0.858. The van der Waals surface area contributed by atoms with Gasteiger partial charge in [-0.25, -0.2) is 4.79 Å². The third-order valence-corrected chi connectivity index (χ3v) is 4.24. The summed E-state index contributed by atoms with van der Waals surface area (Å²) in [5, 5.41) is 0.581. The summed E-state index contributed by atoms with van der Waals surface area (Å²) in [4.78, 5) is 41.4. The zero-order valence-corrected chi connectivity index (χ0v) is 12.5. The lowest BCUT2D eigenvalue weighted by Crippen LogP contribution is -2.39. The van der Waals surface area contributed by atoms with Gasteiger partial charge in [-0.1, -0.05) is 12.1 Å². The number of aromatic nitrogens is 1. The zero-order valence-electron chi connectivity index (χ0n) is 12.5. The highest BCUT2D eigenvalue weighted by Gasteiger charge is 2.33. The summed E-state index contributed by atoms with van der Waals surface area (Å²) in [6.45, 7) is 0.373. The number of benzene rings is 1. The number of carbonyl (C=O) groups excluding carboxylic acids is 3. The Balaban J connectivity index is 1.84. The van der Waals surface area contributed by atoms with Crippen molar-refractivity contribution in [2.75, 3.05) is 13.7 Å². The minimum absolute atomic E-state index is 0.0334. The Morgan fingerprint density at radius 3 is 2.74 bits per heavy atom. The van der Waals surface area contributed by atoms with Gasteiger partial charge in [0.1, 0.15) is 0 Å². The highest BCUT2D eigenvalue weighted by Crippen LogP contribution is 2.32. The first-order valence-corrected chi connectivity index (χ1v) is 7.33. The zero-order chi connectivity index (χ0) is 16.1. The lowest BCUT2D eigenvalue weighted by atomic mass is 9.98. The molecule has 6 heteroatoms. The molecule has 0 saturated carbocycles. The Morgan fingerprint density at radius 2 is 2.04 bits per heavy atom. The van der Waals surface area contributed by atoms with Gasteiger partial charge in [-0.15, -0.1) is 0 Å². The van der Waals surface area contributed by atoms with Crippen molar-refractivity contribution in [3.8, 4) is 0 Å². The van der Waals surface area contributed by atoms with E-state index in [1.54, 1.807) is 12.1 Å². The van der Waals surface area contributed by atoms with Gasteiger partial charge in [0, 0.05) is 22.2 Å². The topological polar surface area (TPSA) is 79.5 Å². The fourth-order valence-corrected chi connectivity index (χ4v) is 3.08. The van der Waals surface area contributed by atoms with Crippen LogP contribution in [0.2, 0.25) is 0 Å². The van der Waals surface area contributed by atoms with Crippen molar-refractivity contribution >= 4 is 28.6 Å². The van der Waals surface area contributed by atoms with Crippen LogP contribution in [0, 0.1) is 0 Å². The number of ether oxygens (including phenoxy) is 1. The second-order valence-corrected chi connectivity index (χ2v) is 5.72. The van der Waals surface area contributed by atoms with E-state index < -0.39 is 5.97 Å². The van der Waals surface area contributed by atoms with Gasteiger partial charge < -0.3 is 14.6 Å². The van der Waals surface area contributed by atoms with Crippen LogP contribution in [0.25, 0.3) is 10.9 Å². The van der Waals surface area contributed by atoms with Crippen molar-refractivity contribution in [2.45, 2.75) is 13.0 Å². The maximum Gasteiger partial charge on any atom is 0.338 e. The highest BCUT2D eigenvalue weighted by atomic mass is 16.5. The molecule has 4 rings (SSSR count). The van der Waals surface area contributed by atoms with Gasteiger partial charge in [-0.3, -0.25) is 9.59 Å². The number of amides is 1. The monoisotopic (exact) mass is 310 g/mol. The number of H-pyrrole nitrogens is 1. The maximum absolute atomic E-state index is 12.6. The van der Waals surface area contributed by atoms with E-state index in [9.17, 15) is 14.4 Å². The van der Waals surface area contributed by atoms with Crippen LogP contribution >= 0.6 is 0 Å². The number of Topliss-reactive ketones (excluding diaryl/α,β-unsaturated/α-hetero) is 1. The summed E-state index contributed by atoms with van der Waals surface area (Å²) in [6.07, 6.45) is 2.55. The molecule has 6 nitrogen and oxygen atoms in total. The van der Waals surface area contributed by atoms with Crippen molar-refractivity contribution in [1.29, 1.82) is 0 Å². The molecule has 1 N–H and O–H groups in total. The first-order chi connectivity index (χ1) is 11.1. The summed E-state index contributed by atoms with van der Waals surface area (Å²) in [5.74, 6) is -0.730. The normalized spacial score (nSPS) is 16.1. The lowest BCUT2D eigenvalue weighted by molar-refractivity contribution is -0.127. The van der Waals surface area contributed by atoms with Gasteiger partial charge in [0.2, 0.25) is 0 Å². The van der Waals surface area contributed by atoms with Crippen molar-refractivity contribution in [1.82, 2.24) is 9.88 Å². The molecule has 1 aliphatic heterocycles. The van der Waals surface area contributed by atoms with E-state index in [2.05, 4.69) is 4.98 Å². The molecule has 1 amide bonds. The molecule has 1 aromatic heterocycles. The van der Waals surface area contributed by atoms with Crippen LogP contribution in [0.5, 0.6) is 0 Å². The third kappa shape index (κ3) is 2.06. The number of hydrogen-bond acceptors (Lipinski definition) is 4. The number of nitrogens with zero attached hydrogens (tertiary/aromatic N) is 1. The van der Waals surface area contributed by atoms with Crippen LogP contribution in [0.4, 0.5) is 0 Å². The molecule has 2 aliphatic rings. The van der Waals surface area contributed by atoms with E-state index in [-0.39, 0.29) is 18.2 Å². The Hall–Kier alpha value is -2.89. The predicted molar refractivity (Wildman–Crippen MR) is 82.1 cm³/mol. The second kappa shape index (κ2) is 4.81. The molecule has 1 aromatic carbocycles. The number of nitrogens with one attached hydrogen (secondary N) is 1. The van der Waals surface area contributed by atoms with Gasteiger partial charge in [-0.05, 0) is 18.6 Å². The third-order valence-electron chi connectivity index (χ3n) is 4.24. The fraction of sp³-hybridized carbons (Fsp3) is 0.235. The number of methoxy groups -OCH3 is 1. The van der Waals surface area contributed by atoms with Crippen molar-refractivity contribution in [3.63, 3.8) is 0 Å². The molecule has 0 unspecified atom stereocenters. The highest BCUT2D eigenvalue weighted by molar-refractivity contribution is 6.17. The first-order valence-electron chi connectivity index (χ1n) is 7.33. The van der Waals surface area contributed by atoms with Gasteiger partial charge in [0.25, 0.3) is 5.91 Å². The average Bonchev–Trinajstić information content (AvgIpc) is 3.32. The summed E-state index contributed by atoms with van der Waals surface area (Å²) in [6, 6.07) is 5.18. The molecule has 2 heterocycles. The van der Waals surface area contributed by atoms with E-state index in [4.69, 9.17) is 4.74 Å². The number of ketones is 1. The minimum Gasteiger partial charge on any atom is -0.465 e. The van der Waals surface area contributed by atoms with Gasteiger partial charge in [0.15, 0.2) is 5.78 Å². The molecule has 23 heavy (non-hydrogen) atoms. The molecular formula is C17H14N2O4. The summed E-state index contributed by atoms with van der Waals surface area (Å²) in [7, 11) is 1.31. The Kier molecular flexibility index (Phi) is 2.87. The lowest BCUT2D eigenvalue weighted by Gasteiger charge is -2.25. The Morgan fingerprint density at radius 1 is 1.26 bits per heavy atom. The smallest absolute Gasteiger partial charge is 0.338 e. The van der Waals surface area contributed by atoms with Crippen molar-refractivity contribution < 1.29 is 19.1 Å². The fourth-order valence-electron chi connectivity index (χ4n) is 3.08. The predicted octanol–water partition coefficient (Wildman–Crippen LogP) is 1.81. The molecule has 0 bridgehead atoms. The van der Waals surface area contributed by atoms with E-state index in [1.807, 2.05) is 12.1 Å². The van der Waals surface area contributed by atoms with Crippen molar-refractivity contribution in [2.24, 2.45) is 0 Å². The second-order valence-electron chi connectivity index (χ2n) is 5.72. The number of rotatable bonds is 2. The first kappa shape index (κ1) is 13.8. The largest absolute Gasteiger partial charge is 0.465 e. The minimum atomic E-state index is -0.480. The van der Waals surface area contributed by atoms with Crippen LogP contribution in [0.1, 0.15) is 32.8 Å². The van der Waals surface area contributed by atoms with Gasteiger partial charge in [0.05, 0.1) is 31.3 Å². The van der Waals surface area contributed by atoms with E-state index in [0.29, 0.717) is 40.7 Å². The molecule has 116 valence electrons. The maximum atomic E-state index is 12.6. The van der Waals surface area contributed by atoms with Crippen LogP contribution in [-0.4, -0.2) is 41.2 Å². The number of hydrogen-bond donors (Lipinski definition) is 1. The van der Waals surface area contributed by atoms with Gasteiger partial charge in [-0.2, -0.15) is 0 Å².